The Bertz CT molecular complexity index is 2470. The van der Waals surface area contributed by atoms with Gasteiger partial charge in [0, 0.05) is 27.5 Å². The van der Waals surface area contributed by atoms with Crippen LogP contribution in [0.1, 0.15) is 22.9 Å². The van der Waals surface area contributed by atoms with Crippen LogP contribution < -0.4 is 5.32 Å². The molecular formula is C41H27N3O. The van der Waals surface area contributed by atoms with Gasteiger partial charge >= 0.3 is 0 Å². The summed E-state index contributed by atoms with van der Waals surface area (Å²) in [6.07, 6.45) is -0.519. The summed E-state index contributed by atoms with van der Waals surface area (Å²) in [5.41, 5.74) is 6.93. The lowest BCUT2D eigenvalue weighted by Gasteiger charge is -2.24. The summed E-state index contributed by atoms with van der Waals surface area (Å²) in [7, 11) is 0. The number of benzene rings is 7. The van der Waals surface area contributed by atoms with Crippen molar-refractivity contribution >= 4 is 55.2 Å². The van der Waals surface area contributed by atoms with Crippen molar-refractivity contribution in [1.82, 2.24) is 5.32 Å². The lowest BCUT2D eigenvalue weighted by molar-refractivity contribution is 0.667. The predicted octanol–water partition coefficient (Wildman–Crippen LogP) is 10.1. The third kappa shape index (κ3) is 4.38. The second kappa shape index (κ2) is 10.3. The molecule has 1 aliphatic rings. The van der Waals surface area contributed by atoms with Gasteiger partial charge in [-0.2, -0.15) is 0 Å². The van der Waals surface area contributed by atoms with Crippen molar-refractivity contribution in [2.45, 2.75) is 6.17 Å². The van der Waals surface area contributed by atoms with Gasteiger partial charge < -0.3 is 9.73 Å². The fourth-order valence-electron chi connectivity index (χ4n) is 6.53. The van der Waals surface area contributed by atoms with Gasteiger partial charge in [0.15, 0.2) is 6.17 Å². The Kier molecular flexibility index (Phi) is 5.85. The molecule has 0 spiro atoms. The molecule has 4 nitrogen and oxygen atoms in total. The first kappa shape index (κ1) is 25.5. The maximum atomic E-state index is 6.40. The molecule has 212 valence electrons. The number of fused-ring (bicyclic) bond motifs is 5. The van der Waals surface area contributed by atoms with Gasteiger partial charge in [0.2, 0.25) is 0 Å². The highest BCUT2D eigenvalue weighted by molar-refractivity contribution is 6.17. The average Bonchev–Trinajstić information content (AvgIpc) is 3.50. The highest BCUT2D eigenvalue weighted by Crippen LogP contribution is 2.43. The van der Waals surface area contributed by atoms with Crippen LogP contribution in [0.5, 0.6) is 0 Å². The molecule has 1 aromatic heterocycles. The van der Waals surface area contributed by atoms with Gasteiger partial charge in [0.25, 0.3) is 0 Å². The minimum Gasteiger partial charge on any atom is -0.456 e. The zero-order valence-electron chi connectivity index (χ0n) is 24.3. The number of aliphatic imine (C=N–C) groups is 2. The Balaban J connectivity index is 1.33. The second-order valence-corrected chi connectivity index (χ2v) is 11.4. The van der Waals surface area contributed by atoms with E-state index in [-0.39, 0.29) is 0 Å². The van der Waals surface area contributed by atoms with Crippen molar-refractivity contribution < 1.29 is 4.42 Å². The zero-order chi connectivity index (χ0) is 29.7. The summed E-state index contributed by atoms with van der Waals surface area (Å²) in [4.78, 5) is 10.7. The molecule has 0 fully saturated rings. The van der Waals surface area contributed by atoms with Crippen LogP contribution in [-0.4, -0.2) is 11.7 Å². The minimum absolute atomic E-state index is 0.519. The summed E-state index contributed by atoms with van der Waals surface area (Å²) in [6.45, 7) is 0. The Hall–Kier alpha value is -6.00. The molecule has 1 unspecified atom stereocenters. The molecular weight excluding hydrogens is 550 g/mol. The molecule has 8 aromatic rings. The van der Waals surface area contributed by atoms with Crippen LogP contribution in [0.25, 0.3) is 54.6 Å². The van der Waals surface area contributed by atoms with Gasteiger partial charge in [0.1, 0.15) is 22.8 Å². The molecule has 1 N–H and O–H groups in total. The third-order valence-electron chi connectivity index (χ3n) is 8.71. The minimum atomic E-state index is -0.519. The van der Waals surface area contributed by atoms with Crippen molar-refractivity contribution in [3.8, 4) is 11.1 Å². The summed E-state index contributed by atoms with van der Waals surface area (Å²) < 4.78 is 6.40. The summed E-state index contributed by atoms with van der Waals surface area (Å²) in [5, 5.41) is 10.5. The largest absolute Gasteiger partial charge is 0.456 e. The molecule has 7 aromatic carbocycles. The number of hydrogen-bond acceptors (Lipinski definition) is 4. The molecule has 1 atom stereocenters. The van der Waals surface area contributed by atoms with Crippen molar-refractivity contribution in [2.75, 3.05) is 0 Å². The van der Waals surface area contributed by atoms with Crippen molar-refractivity contribution in [1.29, 1.82) is 0 Å². The zero-order valence-corrected chi connectivity index (χ0v) is 24.3. The number of amidine groups is 2. The van der Waals surface area contributed by atoms with Crippen LogP contribution in [0.2, 0.25) is 0 Å². The van der Waals surface area contributed by atoms with Gasteiger partial charge in [0.05, 0.1) is 0 Å². The Labute approximate surface area is 260 Å². The van der Waals surface area contributed by atoms with E-state index in [2.05, 4.69) is 127 Å². The summed E-state index contributed by atoms with van der Waals surface area (Å²) in [5.74, 6) is 1.57. The number of furan rings is 1. The van der Waals surface area contributed by atoms with E-state index in [1.54, 1.807) is 0 Å². The highest BCUT2D eigenvalue weighted by Gasteiger charge is 2.27. The van der Waals surface area contributed by atoms with Crippen molar-refractivity contribution in [3.63, 3.8) is 0 Å². The molecule has 4 heteroatoms. The normalized spacial score (nSPS) is 14.9. The second-order valence-electron chi connectivity index (χ2n) is 11.4. The van der Waals surface area contributed by atoms with E-state index in [1.165, 1.54) is 21.5 Å². The van der Waals surface area contributed by atoms with Crippen LogP contribution in [-0.2, 0) is 0 Å². The Morgan fingerprint density at radius 2 is 1.07 bits per heavy atom. The maximum Gasteiger partial charge on any atom is 0.171 e. The SMILES string of the molecule is c1ccc(C2=NC(c3c(-c4ccc5ccccc5c4)ccc4oc5ccccc5c34)N=C(c3ccc4ccccc4c3)N2)cc1. The quantitative estimate of drug-likeness (QED) is 0.226. The molecule has 0 saturated heterocycles. The first-order valence-electron chi connectivity index (χ1n) is 15.2. The van der Waals surface area contributed by atoms with E-state index in [9.17, 15) is 0 Å². The Morgan fingerprint density at radius 1 is 0.467 bits per heavy atom. The third-order valence-corrected chi connectivity index (χ3v) is 8.71. The molecule has 0 bridgehead atoms. The molecule has 1 aliphatic heterocycles. The molecule has 0 aliphatic carbocycles. The van der Waals surface area contributed by atoms with E-state index in [1.807, 2.05) is 30.3 Å². The van der Waals surface area contributed by atoms with Gasteiger partial charge in [-0.25, -0.2) is 9.98 Å². The summed E-state index contributed by atoms with van der Waals surface area (Å²) in [6, 6.07) is 52.8. The first-order valence-corrected chi connectivity index (χ1v) is 15.2. The van der Waals surface area contributed by atoms with Gasteiger partial charge in [-0.15, -0.1) is 0 Å². The predicted molar refractivity (Wildman–Crippen MR) is 186 cm³/mol. The highest BCUT2D eigenvalue weighted by atomic mass is 16.3. The molecule has 2 heterocycles. The van der Waals surface area contributed by atoms with Gasteiger partial charge in [-0.3, -0.25) is 0 Å². The maximum absolute atomic E-state index is 6.40. The molecule has 45 heavy (non-hydrogen) atoms. The van der Waals surface area contributed by atoms with Crippen LogP contribution >= 0.6 is 0 Å². The van der Waals surface area contributed by atoms with Crippen LogP contribution in [0.4, 0.5) is 0 Å². The molecule has 9 rings (SSSR count). The molecule has 0 radical (unpaired) electrons. The van der Waals surface area contributed by atoms with Gasteiger partial charge in [-0.1, -0.05) is 127 Å². The van der Waals surface area contributed by atoms with Crippen LogP contribution in [0.15, 0.2) is 166 Å². The standard InChI is InChI=1S/C41H27N3O/c1-2-12-28(13-3-1)39-42-40(32-21-19-27-11-5-7-15-30(27)25-32)44-41(43-39)38-33(31-20-18-26-10-4-6-14-29(26)24-31)22-23-36-37(38)34-16-8-9-17-35(34)45-36/h1-25,41H,(H,42,43,44). The number of hydrogen-bond donors (Lipinski definition) is 1. The lowest BCUT2D eigenvalue weighted by atomic mass is 9.92. The topological polar surface area (TPSA) is 49.9 Å². The number of rotatable bonds is 4. The lowest BCUT2D eigenvalue weighted by Crippen LogP contribution is -2.36. The van der Waals surface area contributed by atoms with Crippen LogP contribution in [0, 0.1) is 0 Å². The number of nitrogens with zero attached hydrogens (tertiary/aromatic N) is 2. The Morgan fingerprint density at radius 3 is 1.82 bits per heavy atom. The molecule has 0 amide bonds. The van der Waals surface area contributed by atoms with Crippen molar-refractivity contribution in [3.05, 3.63) is 168 Å². The molecule has 0 saturated carbocycles. The van der Waals surface area contributed by atoms with E-state index in [0.29, 0.717) is 0 Å². The van der Waals surface area contributed by atoms with E-state index in [0.717, 1.165) is 61.4 Å². The average molecular weight is 578 g/mol. The van der Waals surface area contributed by atoms with E-state index in [4.69, 9.17) is 14.4 Å². The number of para-hydroxylation sites is 1. The van der Waals surface area contributed by atoms with Crippen LogP contribution in [0.3, 0.4) is 0 Å². The van der Waals surface area contributed by atoms with E-state index >= 15 is 0 Å². The van der Waals surface area contributed by atoms with E-state index < -0.39 is 6.17 Å². The first-order chi connectivity index (χ1) is 22.3. The smallest absolute Gasteiger partial charge is 0.171 e. The summed E-state index contributed by atoms with van der Waals surface area (Å²) >= 11 is 0. The van der Waals surface area contributed by atoms with Gasteiger partial charge in [-0.05, 0) is 56.9 Å². The monoisotopic (exact) mass is 577 g/mol. The fraction of sp³-hybridized carbons (Fsp3) is 0.0244. The fourth-order valence-corrected chi connectivity index (χ4v) is 6.53. The van der Waals surface area contributed by atoms with Crippen molar-refractivity contribution in [2.24, 2.45) is 9.98 Å². The number of nitrogens with one attached hydrogen (secondary N) is 1.